The zero-order valence-electron chi connectivity index (χ0n) is 10.00. The van der Waals surface area contributed by atoms with E-state index >= 15 is 0 Å². The van der Waals surface area contributed by atoms with Gasteiger partial charge in [0.2, 0.25) is 0 Å². The molecular weight excluding hydrogens is 239 g/mol. The number of nitrogens with two attached hydrogens (primary N) is 1. The van der Waals surface area contributed by atoms with Crippen LogP contribution in [0.25, 0.3) is 0 Å². The molecule has 4 heteroatoms. The van der Waals surface area contributed by atoms with Crippen LogP contribution in [0.3, 0.4) is 0 Å². The minimum atomic E-state index is -0.213. The lowest BCUT2D eigenvalue weighted by Crippen LogP contribution is -2.46. The average molecular weight is 257 g/mol. The second-order valence-corrected chi connectivity index (χ2v) is 4.98. The Labute approximate surface area is 107 Å². The van der Waals surface area contributed by atoms with Gasteiger partial charge in [-0.3, -0.25) is 4.90 Å². The van der Waals surface area contributed by atoms with E-state index in [0.29, 0.717) is 10.6 Å². The van der Waals surface area contributed by atoms with Crippen molar-refractivity contribution in [3.05, 3.63) is 34.6 Å². The summed E-state index contributed by atoms with van der Waals surface area (Å²) < 4.78 is 13.9. The summed E-state index contributed by atoms with van der Waals surface area (Å²) in [5.74, 6) is -0.213. The van der Waals surface area contributed by atoms with Gasteiger partial charge in [0.1, 0.15) is 5.82 Å². The Morgan fingerprint density at radius 2 is 2.29 bits per heavy atom. The van der Waals surface area contributed by atoms with E-state index in [2.05, 4.69) is 11.8 Å². The fourth-order valence-corrected chi connectivity index (χ4v) is 2.80. The molecule has 1 fully saturated rings. The van der Waals surface area contributed by atoms with Gasteiger partial charge in [0.05, 0.1) is 6.04 Å². The summed E-state index contributed by atoms with van der Waals surface area (Å²) in [6.07, 6.45) is 2.01. The Kier molecular flexibility index (Phi) is 4.02. The molecule has 0 amide bonds. The molecule has 2 atom stereocenters. The second-order valence-electron chi connectivity index (χ2n) is 4.55. The molecule has 0 bridgehead atoms. The highest BCUT2D eigenvalue weighted by atomic mass is 35.5. The summed E-state index contributed by atoms with van der Waals surface area (Å²) >= 11 is 5.95. The van der Waals surface area contributed by atoms with Crippen LogP contribution in [0.1, 0.15) is 31.4 Å². The van der Waals surface area contributed by atoms with Crippen molar-refractivity contribution in [3.8, 4) is 0 Å². The first-order chi connectivity index (χ1) is 8.13. The lowest BCUT2D eigenvalue weighted by atomic mass is 9.90. The molecule has 0 saturated carbocycles. The fourth-order valence-electron chi connectivity index (χ4n) is 2.62. The molecular formula is C13H18ClFN2. The Balaban J connectivity index is 2.37. The van der Waals surface area contributed by atoms with E-state index in [1.807, 2.05) is 0 Å². The minimum Gasteiger partial charge on any atom is -0.326 e. The predicted molar refractivity (Wildman–Crippen MR) is 68.6 cm³/mol. The topological polar surface area (TPSA) is 29.3 Å². The molecule has 17 heavy (non-hydrogen) atoms. The van der Waals surface area contributed by atoms with Crippen molar-refractivity contribution in [2.24, 2.45) is 5.73 Å². The van der Waals surface area contributed by atoms with Crippen LogP contribution in [0.5, 0.6) is 0 Å². The first-order valence-electron chi connectivity index (χ1n) is 6.08. The van der Waals surface area contributed by atoms with Crippen LogP contribution >= 0.6 is 11.6 Å². The fraction of sp³-hybridized carbons (Fsp3) is 0.538. The molecule has 94 valence electrons. The molecule has 1 aromatic carbocycles. The quantitative estimate of drug-likeness (QED) is 0.882. The van der Waals surface area contributed by atoms with Crippen molar-refractivity contribution in [1.82, 2.24) is 4.90 Å². The lowest BCUT2D eigenvalue weighted by molar-refractivity contribution is 0.133. The summed E-state index contributed by atoms with van der Waals surface area (Å²) in [6.45, 7) is 3.93. The van der Waals surface area contributed by atoms with Gasteiger partial charge in [-0.05, 0) is 44.1 Å². The van der Waals surface area contributed by atoms with Gasteiger partial charge in [0.25, 0.3) is 0 Å². The summed E-state index contributed by atoms with van der Waals surface area (Å²) in [5.41, 5.74) is 6.78. The summed E-state index contributed by atoms with van der Waals surface area (Å²) in [7, 11) is 0. The van der Waals surface area contributed by atoms with Gasteiger partial charge in [-0.25, -0.2) is 4.39 Å². The first-order valence-corrected chi connectivity index (χ1v) is 6.46. The number of likely N-dealkylation sites (tertiary alicyclic amines) is 1. The predicted octanol–water partition coefficient (Wildman–Crippen LogP) is 2.96. The maximum absolute atomic E-state index is 13.9. The second kappa shape index (κ2) is 5.34. The normalized spacial score (nSPS) is 26.1. The summed E-state index contributed by atoms with van der Waals surface area (Å²) in [4.78, 5) is 2.23. The largest absolute Gasteiger partial charge is 0.326 e. The average Bonchev–Trinajstić information content (AvgIpc) is 2.32. The van der Waals surface area contributed by atoms with E-state index in [0.717, 1.165) is 25.9 Å². The molecule has 2 N–H and O–H groups in total. The van der Waals surface area contributed by atoms with Crippen LogP contribution in [0.15, 0.2) is 18.2 Å². The number of halogens is 2. The van der Waals surface area contributed by atoms with Gasteiger partial charge < -0.3 is 5.73 Å². The van der Waals surface area contributed by atoms with Crippen molar-refractivity contribution in [3.63, 3.8) is 0 Å². The van der Waals surface area contributed by atoms with E-state index < -0.39 is 0 Å². The third-order valence-electron chi connectivity index (χ3n) is 3.46. The molecule has 1 saturated heterocycles. The van der Waals surface area contributed by atoms with E-state index in [1.165, 1.54) is 6.07 Å². The van der Waals surface area contributed by atoms with Gasteiger partial charge >= 0.3 is 0 Å². The zero-order chi connectivity index (χ0) is 12.4. The van der Waals surface area contributed by atoms with Crippen LogP contribution < -0.4 is 5.73 Å². The summed E-state index contributed by atoms with van der Waals surface area (Å²) in [6, 6.07) is 4.64. The van der Waals surface area contributed by atoms with Crippen LogP contribution in [-0.4, -0.2) is 24.0 Å². The molecule has 1 aromatic rings. The van der Waals surface area contributed by atoms with Crippen molar-refractivity contribution in [1.29, 1.82) is 0 Å². The van der Waals surface area contributed by atoms with E-state index in [4.69, 9.17) is 17.3 Å². The highest BCUT2D eigenvalue weighted by Crippen LogP contribution is 2.32. The van der Waals surface area contributed by atoms with Crippen LogP contribution in [0, 0.1) is 5.82 Å². The van der Waals surface area contributed by atoms with E-state index in [9.17, 15) is 4.39 Å². The maximum atomic E-state index is 13.9. The van der Waals surface area contributed by atoms with Crippen molar-refractivity contribution >= 4 is 11.6 Å². The molecule has 0 aliphatic carbocycles. The SMILES string of the molecule is CCN1CCCC(N)C1c1cc(Cl)ccc1F. The van der Waals surface area contributed by atoms with Crippen molar-refractivity contribution < 1.29 is 4.39 Å². The van der Waals surface area contributed by atoms with Gasteiger partial charge in [-0.1, -0.05) is 18.5 Å². The minimum absolute atomic E-state index is 0.0170. The molecule has 1 aliphatic heterocycles. The van der Waals surface area contributed by atoms with Gasteiger partial charge in [0, 0.05) is 16.6 Å². The van der Waals surface area contributed by atoms with Crippen molar-refractivity contribution in [2.75, 3.05) is 13.1 Å². The molecule has 0 spiro atoms. The molecule has 0 radical (unpaired) electrons. The number of benzene rings is 1. The van der Waals surface area contributed by atoms with Gasteiger partial charge in [-0.15, -0.1) is 0 Å². The molecule has 0 aromatic heterocycles. The Morgan fingerprint density at radius 3 is 3.00 bits per heavy atom. The molecule has 2 unspecified atom stereocenters. The van der Waals surface area contributed by atoms with Crippen LogP contribution in [-0.2, 0) is 0 Å². The van der Waals surface area contributed by atoms with Crippen LogP contribution in [0.2, 0.25) is 5.02 Å². The number of hydrogen-bond acceptors (Lipinski definition) is 2. The number of rotatable bonds is 2. The highest BCUT2D eigenvalue weighted by Gasteiger charge is 2.31. The van der Waals surface area contributed by atoms with Gasteiger partial charge in [0.15, 0.2) is 0 Å². The third kappa shape index (κ3) is 2.62. The molecule has 2 nitrogen and oxygen atoms in total. The first kappa shape index (κ1) is 12.8. The molecule has 2 rings (SSSR count). The highest BCUT2D eigenvalue weighted by molar-refractivity contribution is 6.30. The number of nitrogens with zero attached hydrogens (tertiary/aromatic N) is 1. The summed E-state index contributed by atoms with van der Waals surface area (Å²) in [5, 5.41) is 0.565. The number of piperidine rings is 1. The van der Waals surface area contributed by atoms with E-state index in [1.54, 1.807) is 12.1 Å². The zero-order valence-corrected chi connectivity index (χ0v) is 10.8. The Bertz CT molecular complexity index is 397. The number of likely N-dealkylation sites (N-methyl/N-ethyl adjacent to an activating group) is 1. The Morgan fingerprint density at radius 1 is 1.53 bits per heavy atom. The van der Waals surface area contributed by atoms with Gasteiger partial charge in [-0.2, -0.15) is 0 Å². The number of hydrogen-bond donors (Lipinski definition) is 1. The van der Waals surface area contributed by atoms with Crippen LogP contribution in [0.4, 0.5) is 4.39 Å². The third-order valence-corrected chi connectivity index (χ3v) is 3.70. The standard InChI is InChI=1S/C13H18ClFN2/c1-2-17-7-3-4-12(16)13(17)10-8-9(14)5-6-11(10)15/h5-6,8,12-13H,2-4,7,16H2,1H3. The monoisotopic (exact) mass is 256 g/mol. The lowest BCUT2D eigenvalue weighted by Gasteiger charge is -2.39. The Hall–Kier alpha value is -0.640. The maximum Gasteiger partial charge on any atom is 0.128 e. The molecule has 1 aliphatic rings. The smallest absolute Gasteiger partial charge is 0.128 e. The molecule has 1 heterocycles. The van der Waals surface area contributed by atoms with Crippen molar-refractivity contribution in [2.45, 2.75) is 31.8 Å². The van der Waals surface area contributed by atoms with E-state index in [-0.39, 0.29) is 17.9 Å².